The smallest absolute Gasteiger partial charge is 0.233 e. The van der Waals surface area contributed by atoms with Crippen molar-refractivity contribution < 1.29 is 4.52 Å². The van der Waals surface area contributed by atoms with Crippen molar-refractivity contribution >= 4 is 0 Å². The van der Waals surface area contributed by atoms with Crippen LogP contribution in [0.2, 0.25) is 0 Å². The Morgan fingerprint density at radius 2 is 2.15 bits per heavy atom. The highest BCUT2D eigenvalue weighted by Crippen LogP contribution is 2.35. The topological polar surface area (TPSA) is 64.9 Å². The van der Waals surface area contributed by atoms with E-state index in [9.17, 15) is 0 Å². The third-order valence-corrected chi connectivity index (χ3v) is 4.21. The van der Waals surface area contributed by atoms with E-state index in [4.69, 9.17) is 10.3 Å². The molecule has 3 rings (SSSR count). The summed E-state index contributed by atoms with van der Waals surface area (Å²) in [5, 5.41) is 4.21. The van der Waals surface area contributed by atoms with Crippen molar-refractivity contribution in [1.82, 2.24) is 10.1 Å². The van der Waals surface area contributed by atoms with Gasteiger partial charge in [-0.15, -0.1) is 0 Å². The standard InChI is InChI=1S/C16H21N3O/c1-16(2,10-17)15-18-14(19-20-15)13-9-5-7-11-6-3-4-8-12(11)13/h3-4,6,8,13H,5,7,9-10,17H2,1-2H3. The molecule has 106 valence electrons. The third-order valence-electron chi connectivity index (χ3n) is 4.21. The number of nitrogens with zero attached hydrogens (tertiary/aromatic N) is 2. The van der Waals surface area contributed by atoms with Gasteiger partial charge in [0, 0.05) is 12.5 Å². The summed E-state index contributed by atoms with van der Waals surface area (Å²) < 4.78 is 5.45. The minimum atomic E-state index is -0.264. The van der Waals surface area contributed by atoms with E-state index in [1.165, 1.54) is 17.5 Å². The Bertz CT molecular complexity index is 603. The average molecular weight is 271 g/mol. The van der Waals surface area contributed by atoms with E-state index in [-0.39, 0.29) is 11.3 Å². The molecule has 4 nitrogen and oxygen atoms in total. The minimum Gasteiger partial charge on any atom is -0.339 e. The molecule has 0 saturated heterocycles. The van der Waals surface area contributed by atoms with Crippen LogP contribution in [-0.2, 0) is 11.8 Å². The van der Waals surface area contributed by atoms with Gasteiger partial charge in [0.25, 0.3) is 0 Å². The van der Waals surface area contributed by atoms with Crippen molar-refractivity contribution in [3.8, 4) is 0 Å². The lowest BCUT2D eigenvalue weighted by molar-refractivity contribution is 0.308. The summed E-state index contributed by atoms with van der Waals surface area (Å²) in [5.41, 5.74) is 8.26. The predicted molar refractivity (Wildman–Crippen MR) is 77.6 cm³/mol. The molecule has 0 amide bonds. The SMILES string of the molecule is CC(C)(CN)c1nc(C2CCCc3ccccc32)no1. The first kappa shape index (κ1) is 13.3. The number of rotatable bonds is 3. The zero-order valence-electron chi connectivity index (χ0n) is 12.1. The molecule has 0 fully saturated rings. The number of benzene rings is 1. The number of aromatic nitrogens is 2. The molecule has 2 N–H and O–H groups in total. The van der Waals surface area contributed by atoms with Gasteiger partial charge in [-0.3, -0.25) is 0 Å². The molecule has 1 unspecified atom stereocenters. The summed E-state index contributed by atoms with van der Waals surface area (Å²) in [6.45, 7) is 4.55. The maximum Gasteiger partial charge on any atom is 0.233 e. The van der Waals surface area contributed by atoms with Gasteiger partial charge in [0.2, 0.25) is 5.89 Å². The maximum absolute atomic E-state index is 5.77. The van der Waals surface area contributed by atoms with E-state index in [0.717, 1.165) is 18.7 Å². The largest absolute Gasteiger partial charge is 0.339 e. The van der Waals surface area contributed by atoms with E-state index in [1.807, 2.05) is 13.8 Å². The summed E-state index contributed by atoms with van der Waals surface area (Å²) in [7, 11) is 0. The Labute approximate surface area is 119 Å². The third kappa shape index (κ3) is 2.24. The normalized spacial score (nSPS) is 18.9. The molecule has 1 aromatic heterocycles. The van der Waals surface area contributed by atoms with Gasteiger partial charge in [-0.2, -0.15) is 4.98 Å². The summed E-state index contributed by atoms with van der Waals surface area (Å²) in [4.78, 5) is 4.62. The van der Waals surface area contributed by atoms with Crippen LogP contribution < -0.4 is 5.73 Å². The first-order valence-electron chi connectivity index (χ1n) is 7.24. The van der Waals surface area contributed by atoms with E-state index in [2.05, 4.69) is 34.4 Å². The summed E-state index contributed by atoms with van der Waals surface area (Å²) >= 11 is 0. The number of hydrogen-bond acceptors (Lipinski definition) is 4. The lowest BCUT2D eigenvalue weighted by Crippen LogP contribution is -2.28. The van der Waals surface area contributed by atoms with Gasteiger partial charge in [-0.1, -0.05) is 29.4 Å². The van der Waals surface area contributed by atoms with Crippen molar-refractivity contribution in [2.24, 2.45) is 5.73 Å². The fourth-order valence-electron chi connectivity index (χ4n) is 2.76. The van der Waals surface area contributed by atoms with Gasteiger partial charge in [-0.05, 0) is 44.2 Å². The second kappa shape index (κ2) is 5.02. The van der Waals surface area contributed by atoms with Gasteiger partial charge < -0.3 is 10.3 Å². The van der Waals surface area contributed by atoms with Gasteiger partial charge in [0.1, 0.15) is 0 Å². The second-order valence-electron chi connectivity index (χ2n) is 6.19. The average Bonchev–Trinajstić information content (AvgIpc) is 2.97. The number of aryl methyl sites for hydroxylation is 1. The van der Waals surface area contributed by atoms with Crippen molar-refractivity contribution in [1.29, 1.82) is 0 Å². The van der Waals surface area contributed by atoms with Crippen LogP contribution in [0.5, 0.6) is 0 Å². The van der Waals surface area contributed by atoms with Gasteiger partial charge >= 0.3 is 0 Å². The Kier molecular flexibility index (Phi) is 3.34. The van der Waals surface area contributed by atoms with Crippen molar-refractivity contribution in [2.75, 3.05) is 6.54 Å². The molecule has 0 radical (unpaired) electrons. The quantitative estimate of drug-likeness (QED) is 0.932. The maximum atomic E-state index is 5.77. The van der Waals surface area contributed by atoms with Crippen LogP contribution in [0.4, 0.5) is 0 Å². The van der Waals surface area contributed by atoms with Crippen molar-refractivity contribution in [3.05, 3.63) is 47.1 Å². The molecule has 0 bridgehead atoms. The highest BCUT2D eigenvalue weighted by atomic mass is 16.5. The highest BCUT2D eigenvalue weighted by Gasteiger charge is 2.30. The van der Waals surface area contributed by atoms with Crippen LogP contribution in [0.15, 0.2) is 28.8 Å². The lowest BCUT2D eigenvalue weighted by atomic mass is 9.82. The van der Waals surface area contributed by atoms with Crippen LogP contribution in [0.1, 0.15) is 55.4 Å². The Morgan fingerprint density at radius 3 is 2.95 bits per heavy atom. The number of hydrogen-bond donors (Lipinski definition) is 1. The fraction of sp³-hybridized carbons (Fsp3) is 0.500. The predicted octanol–water partition coefficient (Wildman–Crippen LogP) is 2.77. The van der Waals surface area contributed by atoms with Crippen LogP contribution >= 0.6 is 0 Å². The zero-order chi connectivity index (χ0) is 14.2. The molecule has 20 heavy (non-hydrogen) atoms. The van der Waals surface area contributed by atoms with Crippen LogP contribution in [0.25, 0.3) is 0 Å². The molecule has 1 atom stereocenters. The molecular formula is C16H21N3O. The molecular weight excluding hydrogens is 250 g/mol. The Morgan fingerprint density at radius 1 is 1.35 bits per heavy atom. The molecule has 1 aliphatic carbocycles. The van der Waals surface area contributed by atoms with E-state index >= 15 is 0 Å². The molecule has 2 aromatic rings. The second-order valence-corrected chi connectivity index (χ2v) is 6.19. The number of fused-ring (bicyclic) bond motifs is 1. The molecule has 0 saturated carbocycles. The Hall–Kier alpha value is -1.68. The molecule has 0 spiro atoms. The molecule has 1 heterocycles. The zero-order valence-corrected chi connectivity index (χ0v) is 12.1. The van der Waals surface area contributed by atoms with Gasteiger partial charge in [0.15, 0.2) is 5.82 Å². The van der Waals surface area contributed by atoms with E-state index in [0.29, 0.717) is 12.4 Å². The van der Waals surface area contributed by atoms with E-state index < -0.39 is 0 Å². The van der Waals surface area contributed by atoms with Crippen LogP contribution in [0.3, 0.4) is 0 Å². The fourth-order valence-corrected chi connectivity index (χ4v) is 2.76. The van der Waals surface area contributed by atoms with Crippen LogP contribution in [-0.4, -0.2) is 16.7 Å². The summed E-state index contributed by atoms with van der Waals surface area (Å²) in [5.74, 6) is 1.69. The Balaban J connectivity index is 1.95. The van der Waals surface area contributed by atoms with Gasteiger partial charge in [0.05, 0.1) is 5.41 Å². The van der Waals surface area contributed by atoms with Crippen molar-refractivity contribution in [2.45, 2.75) is 44.4 Å². The number of nitrogens with two attached hydrogens (primary N) is 1. The lowest BCUT2D eigenvalue weighted by Gasteiger charge is -2.22. The molecule has 1 aromatic carbocycles. The summed E-state index contributed by atoms with van der Waals surface area (Å²) in [6, 6.07) is 8.57. The van der Waals surface area contributed by atoms with Gasteiger partial charge in [-0.25, -0.2) is 0 Å². The highest BCUT2D eigenvalue weighted by molar-refractivity contribution is 5.36. The minimum absolute atomic E-state index is 0.256. The van der Waals surface area contributed by atoms with Crippen molar-refractivity contribution in [3.63, 3.8) is 0 Å². The molecule has 1 aliphatic rings. The van der Waals surface area contributed by atoms with E-state index in [1.54, 1.807) is 0 Å². The monoisotopic (exact) mass is 271 g/mol. The molecule has 4 heteroatoms. The van der Waals surface area contributed by atoms with Crippen LogP contribution in [0, 0.1) is 0 Å². The first-order valence-corrected chi connectivity index (χ1v) is 7.24. The first-order chi connectivity index (χ1) is 9.62. The molecule has 0 aliphatic heterocycles. The summed E-state index contributed by atoms with van der Waals surface area (Å²) in [6.07, 6.45) is 3.40.